The van der Waals surface area contributed by atoms with Crippen LogP contribution < -0.4 is 10.1 Å². The Hall–Kier alpha value is -3.95. The Morgan fingerprint density at radius 3 is 2.78 bits per heavy atom. The van der Waals surface area contributed by atoms with Crippen LogP contribution in [0.25, 0.3) is 6.08 Å². The van der Waals surface area contributed by atoms with Crippen LogP contribution in [0.5, 0.6) is 5.88 Å². The molecule has 0 saturated heterocycles. The molecule has 158 valence electrons. The van der Waals surface area contributed by atoms with Gasteiger partial charge in [0.05, 0.1) is 23.4 Å². The summed E-state index contributed by atoms with van der Waals surface area (Å²) in [5.74, 6) is 5.07. The number of rotatable bonds is 3. The number of carbonyl (C=O) groups excluding carboxylic acids is 2. The van der Waals surface area contributed by atoms with Crippen molar-refractivity contribution in [2.45, 2.75) is 6.42 Å². The molecule has 3 aromatic rings. The molecule has 0 bridgehead atoms. The molecule has 1 N–H and O–H groups in total. The molecule has 2 aromatic carbocycles. The smallest absolute Gasteiger partial charge is 0.259 e. The minimum Gasteiger partial charge on any atom is -0.481 e. The fourth-order valence-electron chi connectivity index (χ4n) is 3.18. The number of methoxy groups -OCH3 is 1. The van der Waals surface area contributed by atoms with E-state index >= 15 is 0 Å². The number of pyridine rings is 1. The van der Waals surface area contributed by atoms with Crippen LogP contribution in [0, 0.1) is 17.7 Å². The van der Waals surface area contributed by atoms with Gasteiger partial charge in [-0.25, -0.2) is 9.37 Å². The van der Waals surface area contributed by atoms with Crippen molar-refractivity contribution in [1.82, 2.24) is 4.98 Å². The van der Waals surface area contributed by atoms with Gasteiger partial charge in [0.2, 0.25) is 11.7 Å². The first-order valence-corrected chi connectivity index (χ1v) is 9.97. The van der Waals surface area contributed by atoms with Crippen LogP contribution in [0.4, 0.5) is 10.1 Å². The molecular weight excluding hydrogens is 431 g/mol. The van der Waals surface area contributed by atoms with Crippen molar-refractivity contribution < 1.29 is 18.7 Å². The summed E-state index contributed by atoms with van der Waals surface area (Å²) in [6.45, 7) is 0. The Morgan fingerprint density at radius 1 is 1.16 bits per heavy atom. The highest BCUT2D eigenvalue weighted by molar-refractivity contribution is 6.36. The summed E-state index contributed by atoms with van der Waals surface area (Å²) >= 11 is 5.80. The van der Waals surface area contributed by atoms with Gasteiger partial charge in [-0.05, 0) is 53.6 Å². The van der Waals surface area contributed by atoms with Crippen LogP contribution in [0.15, 0.2) is 60.3 Å². The normalized spacial score (nSPS) is 13.8. The van der Waals surface area contributed by atoms with E-state index < -0.39 is 17.5 Å². The number of ether oxygens (including phenoxy) is 1. The van der Waals surface area contributed by atoms with E-state index in [1.165, 1.54) is 24.3 Å². The molecule has 0 radical (unpaired) electrons. The lowest BCUT2D eigenvalue weighted by Gasteiger charge is -2.18. The summed E-state index contributed by atoms with van der Waals surface area (Å²) in [5.41, 5.74) is 2.73. The van der Waals surface area contributed by atoms with Gasteiger partial charge >= 0.3 is 0 Å². The average Bonchev–Trinajstić information content (AvgIpc) is 2.79. The maximum Gasteiger partial charge on any atom is 0.259 e. The average molecular weight is 447 g/mol. The van der Waals surface area contributed by atoms with Gasteiger partial charge in [-0.2, -0.15) is 0 Å². The molecule has 1 amide bonds. The Morgan fingerprint density at radius 2 is 2.00 bits per heavy atom. The molecule has 0 aliphatic carbocycles. The zero-order valence-electron chi connectivity index (χ0n) is 16.9. The van der Waals surface area contributed by atoms with Gasteiger partial charge in [-0.1, -0.05) is 29.5 Å². The van der Waals surface area contributed by atoms with Gasteiger partial charge in [0.25, 0.3) is 5.91 Å². The third-order valence-corrected chi connectivity index (χ3v) is 5.08. The van der Waals surface area contributed by atoms with E-state index in [4.69, 9.17) is 16.3 Å². The first kappa shape index (κ1) is 21.3. The number of aromatic nitrogens is 1. The fourth-order valence-corrected chi connectivity index (χ4v) is 3.37. The lowest BCUT2D eigenvalue weighted by molar-refractivity contribution is -0.112. The predicted molar refractivity (Wildman–Crippen MR) is 120 cm³/mol. The molecule has 4 rings (SSSR count). The van der Waals surface area contributed by atoms with E-state index in [0.29, 0.717) is 34.7 Å². The number of benzene rings is 2. The Labute approximate surface area is 188 Å². The third-order valence-electron chi connectivity index (χ3n) is 4.79. The fraction of sp³-hybridized carbons (Fsp3) is 0.0800. The summed E-state index contributed by atoms with van der Waals surface area (Å²) in [4.78, 5) is 29.5. The Bertz CT molecular complexity index is 1340. The molecule has 0 fully saturated rings. The van der Waals surface area contributed by atoms with Gasteiger partial charge in [0.1, 0.15) is 5.82 Å². The molecule has 2 heterocycles. The van der Waals surface area contributed by atoms with Gasteiger partial charge in [0.15, 0.2) is 0 Å². The minimum atomic E-state index is -0.577. The van der Waals surface area contributed by atoms with Crippen LogP contribution in [-0.2, 0) is 11.2 Å². The highest BCUT2D eigenvalue weighted by atomic mass is 35.5. The molecule has 1 aromatic heterocycles. The number of Topliss-reactive ketones (excluding diaryl/α,β-unsaturated/α-hetero) is 1. The first-order chi connectivity index (χ1) is 15.4. The predicted octanol–water partition coefficient (Wildman–Crippen LogP) is 4.70. The molecule has 32 heavy (non-hydrogen) atoms. The second kappa shape index (κ2) is 9.04. The number of carbonyl (C=O) groups is 2. The summed E-state index contributed by atoms with van der Waals surface area (Å²) in [6.07, 6.45) is 3.52. The number of nitrogens with one attached hydrogen (secondary N) is 1. The van der Waals surface area contributed by atoms with Gasteiger partial charge in [-0.15, -0.1) is 0 Å². The molecule has 0 saturated carbocycles. The van der Waals surface area contributed by atoms with E-state index in [0.717, 1.165) is 5.56 Å². The van der Waals surface area contributed by atoms with Crippen LogP contribution in [0.2, 0.25) is 5.02 Å². The van der Waals surface area contributed by atoms with Crippen LogP contribution in [0.3, 0.4) is 0 Å². The van der Waals surface area contributed by atoms with Crippen molar-refractivity contribution >= 4 is 35.1 Å². The topological polar surface area (TPSA) is 68.3 Å². The Kier molecular flexibility index (Phi) is 6.02. The number of fused-ring (bicyclic) bond motifs is 1. The molecule has 7 heteroatoms. The van der Waals surface area contributed by atoms with Gasteiger partial charge in [0, 0.05) is 29.8 Å². The largest absolute Gasteiger partial charge is 0.481 e. The third kappa shape index (κ3) is 4.53. The minimum absolute atomic E-state index is 0.0610. The van der Waals surface area contributed by atoms with Crippen molar-refractivity contribution in [3.05, 3.63) is 93.4 Å². The highest BCUT2D eigenvalue weighted by Gasteiger charge is 2.28. The second-order valence-electron chi connectivity index (χ2n) is 6.96. The lowest BCUT2D eigenvalue weighted by atomic mass is 9.93. The number of nitrogens with zero attached hydrogens (tertiary/aromatic N) is 1. The van der Waals surface area contributed by atoms with E-state index in [1.807, 2.05) is 6.07 Å². The molecule has 1 aliphatic heterocycles. The van der Waals surface area contributed by atoms with Crippen molar-refractivity contribution in [1.29, 1.82) is 0 Å². The van der Waals surface area contributed by atoms with E-state index in [1.54, 1.807) is 37.6 Å². The van der Waals surface area contributed by atoms with E-state index in [-0.39, 0.29) is 10.6 Å². The van der Waals surface area contributed by atoms with Gasteiger partial charge < -0.3 is 10.1 Å². The van der Waals surface area contributed by atoms with Crippen molar-refractivity contribution in [3.63, 3.8) is 0 Å². The quantitative estimate of drug-likeness (QED) is 0.360. The molecule has 0 spiro atoms. The standard InChI is InChI=1S/C25H16ClFN2O3/c1-32-23-14-16(9-10-28-23)4-2-3-15-6-8-22-18(11-15)24(30)19(25(31)29-22)12-17-5-7-21(27)20(26)13-17/h5-14H,4H2,1H3,(H,29,31)/b19-12+. The number of hydrogen-bond acceptors (Lipinski definition) is 4. The lowest BCUT2D eigenvalue weighted by Crippen LogP contribution is -2.27. The summed E-state index contributed by atoms with van der Waals surface area (Å²) in [7, 11) is 1.55. The molecular formula is C25H16ClFN2O3. The van der Waals surface area contributed by atoms with Crippen LogP contribution >= 0.6 is 11.6 Å². The van der Waals surface area contributed by atoms with Crippen molar-refractivity contribution in [2.75, 3.05) is 12.4 Å². The summed E-state index contributed by atoms with van der Waals surface area (Å²) in [6, 6.07) is 12.7. The molecule has 5 nitrogen and oxygen atoms in total. The van der Waals surface area contributed by atoms with Crippen molar-refractivity contribution in [2.24, 2.45) is 0 Å². The monoisotopic (exact) mass is 446 g/mol. The summed E-state index contributed by atoms with van der Waals surface area (Å²) < 4.78 is 18.5. The van der Waals surface area contributed by atoms with Crippen LogP contribution in [0.1, 0.15) is 27.0 Å². The number of anilines is 1. The maximum absolute atomic E-state index is 13.4. The summed E-state index contributed by atoms with van der Waals surface area (Å²) in [5, 5.41) is 2.61. The molecule has 0 atom stereocenters. The van der Waals surface area contributed by atoms with Gasteiger partial charge in [-0.3, -0.25) is 9.59 Å². The zero-order chi connectivity index (χ0) is 22.7. The molecule has 1 aliphatic rings. The second-order valence-corrected chi connectivity index (χ2v) is 7.37. The number of halogens is 2. The highest BCUT2D eigenvalue weighted by Crippen LogP contribution is 2.28. The van der Waals surface area contributed by atoms with E-state index in [9.17, 15) is 14.0 Å². The zero-order valence-corrected chi connectivity index (χ0v) is 17.7. The van der Waals surface area contributed by atoms with Crippen LogP contribution in [-0.4, -0.2) is 23.8 Å². The Balaban J connectivity index is 1.60. The molecule has 0 unspecified atom stereocenters. The first-order valence-electron chi connectivity index (χ1n) is 9.59. The van der Waals surface area contributed by atoms with E-state index in [2.05, 4.69) is 22.1 Å². The number of hydrogen-bond donors (Lipinski definition) is 1. The number of ketones is 1. The maximum atomic E-state index is 13.4. The SMILES string of the molecule is COc1cc(CC#Cc2ccc3c(c2)C(=O)/C(=C\c2ccc(F)c(Cl)c2)C(=O)N3)ccn1. The van der Waals surface area contributed by atoms with Crippen molar-refractivity contribution in [3.8, 4) is 17.7 Å². The number of amides is 1.